The number of aliphatic hydroxyl groups is 1. The van der Waals surface area contributed by atoms with E-state index in [0.29, 0.717) is 6.54 Å². The van der Waals surface area contributed by atoms with Gasteiger partial charge >= 0.3 is 0 Å². The van der Waals surface area contributed by atoms with Gasteiger partial charge in [-0.3, -0.25) is 0 Å². The Hall–Kier alpha value is -0.170. The van der Waals surface area contributed by atoms with Crippen molar-refractivity contribution in [2.24, 2.45) is 5.41 Å². The fraction of sp³-hybridized carbons (Fsp3) is 1.00. The Labute approximate surface area is 85.1 Å². The van der Waals surface area contributed by atoms with E-state index in [1.165, 1.54) is 0 Å². The second-order valence-electron chi connectivity index (χ2n) is 4.26. The van der Waals surface area contributed by atoms with Crippen LogP contribution in [0.4, 0.5) is 0 Å². The predicted molar refractivity (Wildman–Crippen MR) is 53.9 cm³/mol. The zero-order valence-electron chi connectivity index (χ0n) is 8.58. The van der Waals surface area contributed by atoms with Gasteiger partial charge in [-0.05, 0) is 26.7 Å². The van der Waals surface area contributed by atoms with Gasteiger partial charge in [0.15, 0.2) is 0 Å². The highest BCUT2D eigenvalue weighted by molar-refractivity contribution is 7.87. The number of aliphatic hydroxyl groups excluding tert-OH is 1. The Kier molecular flexibility index (Phi) is 3.52. The quantitative estimate of drug-likeness (QED) is 0.572. The molecular weight excluding hydrogens is 204 g/mol. The summed E-state index contributed by atoms with van der Waals surface area (Å²) in [5, 5.41) is 8.98. The van der Waals surface area contributed by atoms with Crippen molar-refractivity contribution in [1.82, 2.24) is 9.44 Å². The van der Waals surface area contributed by atoms with Crippen LogP contribution >= 0.6 is 0 Å². The highest BCUT2D eigenvalue weighted by atomic mass is 32.2. The molecule has 0 saturated heterocycles. The van der Waals surface area contributed by atoms with E-state index in [0.717, 1.165) is 12.8 Å². The zero-order chi connectivity index (χ0) is 10.8. The molecule has 3 N–H and O–H groups in total. The highest BCUT2D eigenvalue weighted by Gasteiger charge is 2.42. The first-order valence-electron chi connectivity index (χ1n) is 4.77. The summed E-state index contributed by atoms with van der Waals surface area (Å²) in [7, 11) is -3.40. The molecule has 0 bridgehead atoms. The van der Waals surface area contributed by atoms with Crippen LogP contribution in [0.3, 0.4) is 0 Å². The molecule has 0 radical (unpaired) electrons. The van der Waals surface area contributed by atoms with E-state index in [4.69, 9.17) is 5.11 Å². The molecule has 0 aromatic carbocycles. The Morgan fingerprint density at radius 3 is 2.36 bits per heavy atom. The maximum absolute atomic E-state index is 11.3. The van der Waals surface area contributed by atoms with Crippen molar-refractivity contribution in [2.75, 3.05) is 13.2 Å². The molecule has 0 aliphatic heterocycles. The third-order valence-electron chi connectivity index (χ3n) is 2.32. The monoisotopic (exact) mass is 222 g/mol. The second kappa shape index (κ2) is 4.14. The molecule has 6 heteroatoms. The third-order valence-corrected chi connectivity index (χ3v) is 3.63. The molecule has 0 atom stereocenters. The van der Waals surface area contributed by atoms with Crippen LogP contribution in [0.25, 0.3) is 0 Å². The van der Waals surface area contributed by atoms with E-state index >= 15 is 0 Å². The number of hydrogen-bond donors (Lipinski definition) is 3. The predicted octanol–water partition coefficient (Wildman–Crippen LogP) is -0.409. The zero-order valence-corrected chi connectivity index (χ0v) is 9.39. The largest absolute Gasteiger partial charge is 0.396 e. The molecular formula is C8H18N2O3S. The van der Waals surface area contributed by atoms with Crippen LogP contribution in [0.15, 0.2) is 0 Å². The Balaban J connectivity index is 2.37. The summed E-state index contributed by atoms with van der Waals surface area (Å²) < 4.78 is 27.5. The first kappa shape index (κ1) is 11.9. The molecule has 14 heavy (non-hydrogen) atoms. The van der Waals surface area contributed by atoms with Gasteiger partial charge in [0.25, 0.3) is 10.2 Å². The lowest BCUT2D eigenvalue weighted by Gasteiger charge is -2.14. The number of rotatable bonds is 6. The van der Waals surface area contributed by atoms with E-state index < -0.39 is 10.2 Å². The average molecular weight is 222 g/mol. The van der Waals surface area contributed by atoms with Crippen molar-refractivity contribution in [3.8, 4) is 0 Å². The summed E-state index contributed by atoms with van der Waals surface area (Å²) in [6, 6.07) is -0.114. The molecule has 0 unspecified atom stereocenters. The maximum atomic E-state index is 11.3. The summed E-state index contributed by atoms with van der Waals surface area (Å²) in [5.74, 6) is 0. The van der Waals surface area contributed by atoms with Crippen molar-refractivity contribution in [3.05, 3.63) is 0 Å². The molecule has 1 fully saturated rings. The van der Waals surface area contributed by atoms with Crippen LogP contribution < -0.4 is 9.44 Å². The van der Waals surface area contributed by atoms with Crippen LogP contribution in [0.1, 0.15) is 26.7 Å². The fourth-order valence-electron chi connectivity index (χ4n) is 1.17. The summed E-state index contributed by atoms with van der Waals surface area (Å²) in [6.45, 7) is 3.90. The van der Waals surface area contributed by atoms with E-state index in [9.17, 15) is 8.42 Å². The van der Waals surface area contributed by atoms with Crippen LogP contribution in [0.5, 0.6) is 0 Å². The second-order valence-corrected chi connectivity index (χ2v) is 5.79. The lowest BCUT2D eigenvalue weighted by atomic mass is 10.1. The lowest BCUT2D eigenvalue weighted by molar-refractivity contribution is 0.213. The first-order chi connectivity index (χ1) is 6.39. The fourth-order valence-corrected chi connectivity index (χ4v) is 2.37. The smallest absolute Gasteiger partial charge is 0.277 e. The molecule has 0 aromatic rings. The molecule has 0 heterocycles. The van der Waals surface area contributed by atoms with Gasteiger partial charge in [0.1, 0.15) is 0 Å². The minimum absolute atomic E-state index is 0.0528. The van der Waals surface area contributed by atoms with Gasteiger partial charge in [-0.2, -0.15) is 13.1 Å². The molecule has 5 nitrogen and oxygen atoms in total. The molecule has 1 saturated carbocycles. The van der Waals surface area contributed by atoms with E-state index in [1.807, 2.05) is 0 Å². The maximum Gasteiger partial charge on any atom is 0.277 e. The Morgan fingerprint density at radius 2 is 2.00 bits per heavy atom. The Morgan fingerprint density at radius 1 is 1.43 bits per heavy atom. The van der Waals surface area contributed by atoms with Gasteiger partial charge in [-0.15, -0.1) is 0 Å². The summed E-state index contributed by atoms with van der Waals surface area (Å²) >= 11 is 0. The molecule has 84 valence electrons. The summed E-state index contributed by atoms with van der Waals surface area (Å²) in [5.41, 5.74) is -0.189. The highest BCUT2D eigenvalue weighted by Crippen LogP contribution is 2.44. The topological polar surface area (TPSA) is 78.4 Å². The van der Waals surface area contributed by atoms with E-state index in [1.54, 1.807) is 13.8 Å². The van der Waals surface area contributed by atoms with Gasteiger partial charge in [-0.1, -0.05) is 0 Å². The van der Waals surface area contributed by atoms with Crippen LogP contribution in [-0.2, 0) is 10.2 Å². The summed E-state index contributed by atoms with van der Waals surface area (Å²) in [6.07, 6.45) is 1.79. The van der Waals surface area contributed by atoms with Crippen LogP contribution in [0.2, 0.25) is 0 Å². The van der Waals surface area contributed by atoms with Gasteiger partial charge < -0.3 is 5.11 Å². The third kappa shape index (κ3) is 3.53. The van der Waals surface area contributed by atoms with Crippen molar-refractivity contribution in [2.45, 2.75) is 32.7 Å². The van der Waals surface area contributed by atoms with Crippen molar-refractivity contribution < 1.29 is 13.5 Å². The van der Waals surface area contributed by atoms with Crippen molar-refractivity contribution >= 4 is 10.2 Å². The van der Waals surface area contributed by atoms with E-state index in [-0.39, 0.29) is 18.1 Å². The minimum atomic E-state index is -3.40. The number of hydrogen-bond acceptors (Lipinski definition) is 3. The van der Waals surface area contributed by atoms with Crippen molar-refractivity contribution in [1.29, 1.82) is 0 Å². The Bertz CT molecular complexity index is 283. The minimum Gasteiger partial charge on any atom is -0.396 e. The molecule has 0 spiro atoms. The molecule has 0 aromatic heterocycles. The first-order valence-corrected chi connectivity index (χ1v) is 6.25. The summed E-state index contributed by atoms with van der Waals surface area (Å²) in [4.78, 5) is 0. The van der Waals surface area contributed by atoms with Gasteiger partial charge in [0, 0.05) is 24.6 Å². The SMILES string of the molecule is CC(C)NS(=O)(=O)NCC1(CO)CC1. The van der Waals surface area contributed by atoms with Crippen LogP contribution in [0, 0.1) is 5.41 Å². The van der Waals surface area contributed by atoms with Crippen molar-refractivity contribution in [3.63, 3.8) is 0 Å². The normalized spacial score (nSPS) is 20.0. The molecule has 0 amide bonds. The van der Waals surface area contributed by atoms with Gasteiger partial charge in [0.2, 0.25) is 0 Å². The molecule has 1 aliphatic rings. The van der Waals surface area contributed by atoms with Gasteiger partial charge in [-0.25, -0.2) is 4.72 Å². The average Bonchev–Trinajstić information content (AvgIpc) is 2.79. The molecule has 1 rings (SSSR count). The molecule has 1 aliphatic carbocycles. The standard InChI is InChI=1S/C8H18N2O3S/c1-7(2)10-14(12,13)9-5-8(6-11)3-4-8/h7,9-11H,3-6H2,1-2H3. The number of nitrogens with one attached hydrogen (secondary N) is 2. The lowest BCUT2D eigenvalue weighted by Crippen LogP contribution is -2.43. The van der Waals surface area contributed by atoms with E-state index in [2.05, 4.69) is 9.44 Å². The van der Waals surface area contributed by atoms with Crippen LogP contribution in [-0.4, -0.2) is 32.7 Å². The van der Waals surface area contributed by atoms with Gasteiger partial charge in [0.05, 0.1) is 0 Å².